The van der Waals surface area contributed by atoms with Crippen LogP contribution in [0.2, 0.25) is 0 Å². The lowest BCUT2D eigenvalue weighted by molar-refractivity contribution is 0.189. The first-order chi connectivity index (χ1) is 14.0. The van der Waals surface area contributed by atoms with Crippen molar-refractivity contribution in [1.82, 2.24) is 9.97 Å². The van der Waals surface area contributed by atoms with Crippen molar-refractivity contribution in [2.24, 2.45) is 0 Å². The zero-order valence-electron chi connectivity index (χ0n) is 15.8. The van der Waals surface area contributed by atoms with Crippen LogP contribution in [0.4, 0.5) is 0 Å². The molecule has 0 spiro atoms. The van der Waals surface area contributed by atoms with Crippen LogP contribution in [0.1, 0.15) is 17.2 Å². The molecule has 1 unspecified atom stereocenters. The van der Waals surface area contributed by atoms with Crippen LogP contribution in [0.15, 0.2) is 96.5 Å². The Morgan fingerprint density at radius 2 is 1.34 bits per heavy atom. The van der Waals surface area contributed by atoms with E-state index in [1.807, 2.05) is 42.5 Å². The Labute approximate surface area is 181 Å². The second-order valence-electron chi connectivity index (χ2n) is 6.09. The molecule has 0 fully saturated rings. The molecule has 0 aliphatic carbocycles. The molecule has 0 aliphatic rings. The summed E-state index contributed by atoms with van der Waals surface area (Å²) >= 11 is 10.7. The lowest BCUT2D eigenvalue weighted by atomic mass is 10.00. The summed E-state index contributed by atoms with van der Waals surface area (Å²) in [5.74, 6) is 0. The Morgan fingerprint density at radius 3 is 1.86 bits per heavy atom. The maximum Gasteiger partial charge on any atom is 0.115 e. The van der Waals surface area contributed by atoms with E-state index in [4.69, 9.17) is 27.9 Å². The van der Waals surface area contributed by atoms with Crippen LogP contribution >= 0.6 is 23.2 Å². The Kier molecular flexibility index (Phi) is 9.54. The smallest absolute Gasteiger partial charge is 0.115 e. The van der Waals surface area contributed by atoms with Crippen LogP contribution in [0.25, 0.3) is 11.1 Å². The summed E-state index contributed by atoms with van der Waals surface area (Å²) in [5, 5.41) is 11.2. The van der Waals surface area contributed by atoms with E-state index < -0.39 is 6.10 Å². The monoisotopic (exact) mass is 428 g/mol. The molecule has 0 aliphatic heterocycles. The van der Waals surface area contributed by atoms with Gasteiger partial charge < -0.3 is 9.84 Å². The molecule has 0 amide bonds. The zero-order chi connectivity index (χ0) is 21.1. The number of ether oxygens (including phenoxy) is 1. The highest BCUT2D eigenvalue weighted by Gasteiger charge is 2.10. The Hall–Kier alpha value is -2.50. The van der Waals surface area contributed by atoms with E-state index in [1.54, 1.807) is 12.4 Å². The zero-order valence-corrected chi connectivity index (χ0v) is 17.4. The van der Waals surface area contributed by atoms with Gasteiger partial charge in [-0.3, -0.25) is 0 Å². The Balaban J connectivity index is 0.000000284. The summed E-state index contributed by atoms with van der Waals surface area (Å²) in [6.07, 6.45) is 4.02. The average Bonchev–Trinajstić information content (AvgIpc) is 2.74. The van der Waals surface area contributed by atoms with Crippen molar-refractivity contribution in [1.29, 1.82) is 0 Å². The van der Waals surface area contributed by atoms with Crippen molar-refractivity contribution < 1.29 is 9.84 Å². The number of benzene rings is 2. The van der Waals surface area contributed by atoms with Gasteiger partial charge in [0.1, 0.15) is 12.4 Å². The molecule has 1 atom stereocenters. The summed E-state index contributed by atoms with van der Waals surface area (Å²) in [5.41, 5.74) is 3.82. The molecular weight excluding hydrogens is 407 g/mol. The lowest BCUT2D eigenvalue weighted by Crippen LogP contribution is -2.00. The minimum absolute atomic E-state index is 0.327. The van der Waals surface area contributed by atoms with Crippen molar-refractivity contribution in [3.05, 3.63) is 108 Å². The van der Waals surface area contributed by atoms with Crippen LogP contribution in [0.3, 0.4) is 0 Å². The number of aliphatic hydroxyl groups is 1. The van der Waals surface area contributed by atoms with Crippen molar-refractivity contribution in [3.63, 3.8) is 0 Å². The van der Waals surface area contributed by atoms with E-state index in [1.165, 1.54) is 6.33 Å². The number of halogens is 2. The maximum atomic E-state index is 10.3. The van der Waals surface area contributed by atoms with E-state index in [-0.39, 0.29) is 0 Å². The molecule has 29 heavy (non-hydrogen) atoms. The third-order valence-corrected chi connectivity index (χ3v) is 3.97. The first-order valence-electron chi connectivity index (χ1n) is 8.80. The van der Waals surface area contributed by atoms with Gasteiger partial charge in [-0.25, -0.2) is 9.97 Å². The van der Waals surface area contributed by atoms with Gasteiger partial charge in [0.25, 0.3) is 0 Å². The number of rotatable bonds is 7. The van der Waals surface area contributed by atoms with Gasteiger partial charge in [0.15, 0.2) is 0 Å². The normalized spacial score (nSPS) is 11.1. The fraction of sp³-hybridized carbons (Fsp3) is 0.130. The van der Waals surface area contributed by atoms with E-state index in [0.717, 1.165) is 16.7 Å². The first-order valence-corrected chi connectivity index (χ1v) is 9.55. The minimum atomic E-state index is -0.693. The summed E-state index contributed by atoms with van der Waals surface area (Å²) < 4.78 is 4.89. The quantitative estimate of drug-likeness (QED) is 0.521. The molecule has 0 bridgehead atoms. The van der Waals surface area contributed by atoms with E-state index in [2.05, 4.69) is 35.3 Å². The predicted octanol–water partition coefficient (Wildman–Crippen LogP) is 5.73. The summed E-state index contributed by atoms with van der Waals surface area (Å²) in [7, 11) is 0. The van der Waals surface area contributed by atoms with Gasteiger partial charge in [0.2, 0.25) is 0 Å². The molecule has 1 heterocycles. The SMILES string of the molecule is C=C(Cl)COCC(=C)Cl.OC(c1ccc(-c2ccccc2)cc1)c1cncnc1. The van der Waals surface area contributed by atoms with Gasteiger partial charge in [0.05, 0.1) is 13.2 Å². The first kappa shape index (κ1) is 22.8. The Morgan fingerprint density at radius 1 is 0.828 bits per heavy atom. The molecular formula is C23H22Cl2N2O2. The summed E-state index contributed by atoms with van der Waals surface area (Å²) in [6, 6.07) is 18.0. The molecule has 4 nitrogen and oxygen atoms in total. The highest BCUT2D eigenvalue weighted by molar-refractivity contribution is 6.29. The molecule has 2 aromatic carbocycles. The van der Waals surface area contributed by atoms with Crippen molar-refractivity contribution in [2.75, 3.05) is 13.2 Å². The minimum Gasteiger partial charge on any atom is -0.384 e. The Bertz CT molecular complexity index is 887. The number of aliphatic hydroxyl groups excluding tert-OH is 1. The van der Waals surface area contributed by atoms with E-state index >= 15 is 0 Å². The van der Waals surface area contributed by atoms with Crippen LogP contribution in [0, 0.1) is 0 Å². The van der Waals surface area contributed by atoms with E-state index in [9.17, 15) is 5.11 Å². The van der Waals surface area contributed by atoms with Crippen LogP contribution in [0.5, 0.6) is 0 Å². The van der Waals surface area contributed by atoms with Gasteiger partial charge in [0, 0.05) is 28.0 Å². The van der Waals surface area contributed by atoms with Gasteiger partial charge in [-0.1, -0.05) is 91.0 Å². The average molecular weight is 429 g/mol. The number of hydrogen-bond donors (Lipinski definition) is 1. The van der Waals surface area contributed by atoms with Crippen LogP contribution < -0.4 is 0 Å². The maximum absolute atomic E-state index is 10.3. The highest BCUT2D eigenvalue weighted by Crippen LogP contribution is 2.24. The fourth-order valence-corrected chi connectivity index (χ4v) is 2.56. The molecule has 6 heteroatoms. The topological polar surface area (TPSA) is 55.2 Å². The van der Waals surface area contributed by atoms with E-state index in [0.29, 0.717) is 28.8 Å². The van der Waals surface area contributed by atoms with Gasteiger partial charge in [-0.05, 0) is 16.7 Å². The van der Waals surface area contributed by atoms with Gasteiger partial charge >= 0.3 is 0 Å². The van der Waals surface area contributed by atoms with Crippen LogP contribution in [-0.2, 0) is 4.74 Å². The second kappa shape index (κ2) is 12.1. The third-order valence-electron chi connectivity index (χ3n) is 3.75. The largest absolute Gasteiger partial charge is 0.384 e. The molecule has 3 rings (SSSR count). The highest BCUT2D eigenvalue weighted by atomic mass is 35.5. The summed E-state index contributed by atoms with van der Waals surface area (Å²) in [6.45, 7) is 7.49. The van der Waals surface area contributed by atoms with Gasteiger partial charge in [-0.15, -0.1) is 0 Å². The molecule has 0 saturated carbocycles. The van der Waals surface area contributed by atoms with Crippen LogP contribution in [-0.4, -0.2) is 28.3 Å². The third kappa shape index (κ3) is 8.18. The fourth-order valence-electron chi connectivity index (χ4n) is 2.41. The number of nitrogens with zero attached hydrogens (tertiary/aromatic N) is 2. The van der Waals surface area contributed by atoms with Crippen molar-refractivity contribution >= 4 is 23.2 Å². The molecule has 1 aromatic heterocycles. The lowest BCUT2D eigenvalue weighted by Gasteiger charge is -2.11. The predicted molar refractivity (Wildman–Crippen MR) is 119 cm³/mol. The van der Waals surface area contributed by atoms with Crippen molar-refractivity contribution in [2.45, 2.75) is 6.10 Å². The summed E-state index contributed by atoms with van der Waals surface area (Å²) in [4.78, 5) is 7.85. The van der Waals surface area contributed by atoms with Gasteiger partial charge in [-0.2, -0.15) is 0 Å². The molecule has 0 saturated heterocycles. The molecule has 150 valence electrons. The molecule has 3 aromatic rings. The van der Waals surface area contributed by atoms with Crippen molar-refractivity contribution in [3.8, 4) is 11.1 Å². The number of hydrogen-bond acceptors (Lipinski definition) is 4. The molecule has 1 N–H and O–H groups in total. The standard InChI is InChI=1S/C17H14N2O.C6H8Cl2O/c20-17(16-10-18-12-19-11-16)15-8-6-14(7-9-15)13-4-2-1-3-5-13;1-5(7)3-9-4-6(2)8/h1-12,17,20H;1-4H2. The molecule has 0 radical (unpaired) electrons. The number of aromatic nitrogens is 2. The second-order valence-corrected chi connectivity index (χ2v) is 7.16.